The van der Waals surface area contributed by atoms with E-state index in [2.05, 4.69) is 15.9 Å². The highest BCUT2D eigenvalue weighted by molar-refractivity contribution is 9.11. The van der Waals surface area contributed by atoms with Crippen LogP contribution >= 0.6 is 15.9 Å². The van der Waals surface area contributed by atoms with E-state index >= 15 is 0 Å². The van der Waals surface area contributed by atoms with Crippen molar-refractivity contribution in [2.24, 2.45) is 0 Å². The quantitative estimate of drug-likeness (QED) is 0.354. The third kappa shape index (κ3) is 3.14. The molecule has 0 heterocycles. The number of carbonyl (C=O) groups excluding carboxylic acids is 1. The zero-order valence-electron chi connectivity index (χ0n) is 9.37. The van der Waals surface area contributed by atoms with Gasteiger partial charge in [0.15, 0.2) is 19.8 Å². The number of hydrogen-bond acceptors (Lipinski definition) is 5. The number of alkyl halides is 1. The summed E-state index contributed by atoms with van der Waals surface area (Å²) < 4.78 is 21.7. The Morgan fingerprint density at radius 1 is 1.50 bits per heavy atom. The lowest BCUT2D eigenvalue weighted by Crippen LogP contribution is -2.26. The fourth-order valence-electron chi connectivity index (χ4n) is 1.21. The van der Waals surface area contributed by atoms with Crippen LogP contribution in [0.2, 0.25) is 0 Å². The molecule has 0 aliphatic carbocycles. The lowest BCUT2D eigenvalue weighted by Gasteiger charge is -2.08. The lowest BCUT2D eigenvalue weighted by atomic mass is 10.1. The molecule has 0 spiro atoms. The molecule has 0 N–H and O–H groups in total. The van der Waals surface area contributed by atoms with Crippen molar-refractivity contribution >= 4 is 37.2 Å². The van der Waals surface area contributed by atoms with E-state index in [-0.39, 0.29) is 17.0 Å². The third-order valence-electron chi connectivity index (χ3n) is 2.27. The minimum absolute atomic E-state index is 0.0110. The van der Waals surface area contributed by atoms with E-state index < -0.39 is 24.7 Å². The van der Waals surface area contributed by atoms with Gasteiger partial charge in [0.2, 0.25) is 0 Å². The van der Waals surface area contributed by atoms with Crippen molar-refractivity contribution in [2.45, 2.75) is 11.1 Å². The molecule has 0 amide bonds. The van der Waals surface area contributed by atoms with Crippen molar-refractivity contribution in [3.63, 3.8) is 0 Å². The van der Waals surface area contributed by atoms with Crippen molar-refractivity contribution in [3.05, 3.63) is 39.9 Å². The first-order valence-corrected chi connectivity index (χ1v) is 7.57. The molecule has 0 aliphatic heterocycles. The molecule has 0 aromatic heterocycles. The van der Waals surface area contributed by atoms with Gasteiger partial charge in [-0.25, -0.2) is 8.42 Å². The van der Waals surface area contributed by atoms with Crippen molar-refractivity contribution < 1.29 is 18.1 Å². The van der Waals surface area contributed by atoms with E-state index in [0.29, 0.717) is 0 Å². The van der Waals surface area contributed by atoms with E-state index in [1.807, 2.05) is 0 Å². The van der Waals surface area contributed by atoms with Crippen LogP contribution in [0.5, 0.6) is 0 Å². The maximum atomic E-state index is 11.9. The molecule has 18 heavy (non-hydrogen) atoms. The Balaban J connectivity index is 3.12. The molecule has 8 heteroatoms. The Morgan fingerprint density at radius 2 is 2.11 bits per heavy atom. The van der Waals surface area contributed by atoms with Gasteiger partial charge in [0.25, 0.3) is 5.69 Å². The van der Waals surface area contributed by atoms with E-state index in [4.69, 9.17) is 0 Å². The summed E-state index contributed by atoms with van der Waals surface area (Å²) in [6, 6.07) is 4.97. The van der Waals surface area contributed by atoms with Gasteiger partial charge in [0.1, 0.15) is 0 Å². The second-order valence-electron chi connectivity index (χ2n) is 3.44. The SMILES string of the molecule is CCS(=O)(=O)[C@H](Br)C(=O)c1cccc([N+](=O)[O-])c1. The van der Waals surface area contributed by atoms with E-state index in [1.165, 1.54) is 25.1 Å². The van der Waals surface area contributed by atoms with Crippen LogP contribution in [-0.4, -0.2) is 29.0 Å². The van der Waals surface area contributed by atoms with Crippen LogP contribution in [0, 0.1) is 10.1 Å². The summed E-state index contributed by atoms with van der Waals surface area (Å²) in [6.45, 7) is 1.42. The number of sulfone groups is 1. The third-order valence-corrected chi connectivity index (χ3v) is 6.04. The smallest absolute Gasteiger partial charge is 0.270 e. The minimum Gasteiger partial charge on any atom is -0.292 e. The molecule has 0 saturated carbocycles. The first-order chi connectivity index (χ1) is 8.29. The molecule has 0 aliphatic rings. The number of ketones is 1. The number of nitrogens with zero attached hydrogens (tertiary/aromatic N) is 1. The van der Waals surface area contributed by atoms with Crippen LogP contribution in [0.25, 0.3) is 0 Å². The highest BCUT2D eigenvalue weighted by Gasteiger charge is 2.29. The summed E-state index contributed by atoms with van der Waals surface area (Å²) in [5, 5.41) is 10.6. The largest absolute Gasteiger partial charge is 0.292 e. The summed E-state index contributed by atoms with van der Waals surface area (Å²) in [4.78, 5) is 21.8. The fraction of sp³-hybridized carbons (Fsp3) is 0.300. The Morgan fingerprint density at radius 3 is 2.61 bits per heavy atom. The average molecular weight is 336 g/mol. The molecule has 1 aromatic carbocycles. The predicted octanol–water partition coefficient (Wildman–Crippen LogP) is 1.93. The highest BCUT2D eigenvalue weighted by Crippen LogP contribution is 2.20. The van der Waals surface area contributed by atoms with Crippen LogP contribution in [-0.2, 0) is 9.84 Å². The van der Waals surface area contributed by atoms with Gasteiger partial charge in [-0.3, -0.25) is 14.9 Å². The summed E-state index contributed by atoms with van der Waals surface area (Å²) in [7, 11) is -3.58. The molecule has 0 unspecified atom stereocenters. The standard InChI is InChI=1S/C10H10BrNO5S/c1-2-18(16,17)10(11)9(13)7-4-3-5-8(6-7)12(14)15/h3-6,10H,2H2,1H3/t10-/m0/s1. The molecule has 6 nitrogen and oxygen atoms in total. The molecule has 98 valence electrons. The molecule has 0 fully saturated rings. The Kier molecular flexibility index (Phi) is 4.58. The highest BCUT2D eigenvalue weighted by atomic mass is 79.9. The van der Waals surface area contributed by atoms with Gasteiger partial charge in [-0.15, -0.1) is 0 Å². The summed E-state index contributed by atoms with van der Waals surface area (Å²) >= 11 is 2.82. The zero-order valence-corrected chi connectivity index (χ0v) is 11.8. The first-order valence-electron chi connectivity index (χ1n) is 4.94. The molecule has 1 aromatic rings. The van der Waals surface area contributed by atoms with E-state index in [0.717, 1.165) is 6.07 Å². The van der Waals surface area contributed by atoms with Gasteiger partial charge in [-0.2, -0.15) is 0 Å². The van der Waals surface area contributed by atoms with Crippen molar-refractivity contribution in [1.82, 2.24) is 0 Å². The number of halogens is 1. The van der Waals surface area contributed by atoms with E-state index in [1.54, 1.807) is 0 Å². The summed E-state index contributed by atoms with van der Waals surface area (Å²) in [5.74, 6) is -0.899. The van der Waals surface area contributed by atoms with Gasteiger partial charge in [-0.1, -0.05) is 35.0 Å². The van der Waals surface area contributed by atoms with Crippen molar-refractivity contribution in [2.75, 3.05) is 5.75 Å². The number of nitro benzene ring substituents is 1. The molecule has 1 rings (SSSR count). The second kappa shape index (κ2) is 5.57. The maximum absolute atomic E-state index is 11.9. The average Bonchev–Trinajstić information content (AvgIpc) is 2.37. The number of hydrogen-bond donors (Lipinski definition) is 0. The van der Waals surface area contributed by atoms with Crippen LogP contribution < -0.4 is 0 Å². The first kappa shape index (κ1) is 14.8. The number of rotatable bonds is 5. The van der Waals surface area contributed by atoms with E-state index in [9.17, 15) is 23.3 Å². The number of non-ortho nitro benzene ring substituents is 1. The number of benzene rings is 1. The van der Waals surface area contributed by atoms with Gasteiger partial charge < -0.3 is 0 Å². The maximum Gasteiger partial charge on any atom is 0.270 e. The monoisotopic (exact) mass is 335 g/mol. The number of carbonyl (C=O) groups is 1. The van der Waals surface area contributed by atoms with Crippen LogP contribution in [0.3, 0.4) is 0 Å². The van der Waals surface area contributed by atoms with Crippen LogP contribution in [0.1, 0.15) is 17.3 Å². The predicted molar refractivity (Wildman–Crippen MR) is 69.6 cm³/mol. The number of nitro groups is 1. The Labute approximate surface area is 112 Å². The number of Topliss-reactive ketones (excluding diaryl/α,β-unsaturated/α-hetero) is 1. The topological polar surface area (TPSA) is 94.3 Å². The van der Waals surface area contributed by atoms with Crippen LogP contribution in [0.4, 0.5) is 5.69 Å². The van der Waals surface area contributed by atoms with Crippen molar-refractivity contribution in [3.8, 4) is 0 Å². The molecule has 0 bridgehead atoms. The summed E-state index contributed by atoms with van der Waals surface area (Å²) in [5.41, 5.74) is -0.266. The fourth-order valence-corrected chi connectivity index (χ4v) is 3.03. The molecule has 0 saturated heterocycles. The normalized spacial score (nSPS) is 13.0. The van der Waals surface area contributed by atoms with Crippen LogP contribution in [0.15, 0.2) is 24.3 Å². The van der Waals surface area contributed by atoms with Crippen molar-refractivity contribution in [1.29, 1.82) is 0 Å². The van der Waals surface area contributed by atoms with Gasteiger partial charge >= 0.3 is 0 Å². The lowest BCUT2D eigenvalue weighted by molar-refractivity contribution is -0.384. The van der Waals surface area contributed by atoms with Gasteiger partial charge in [0.05, 0.1) is 4.92 Å². The second-order valence-corrected chi connectivity index (χ2v) is 7.34. The Bertz CT molecular complexity index is 584. The van der Waals surface area contributed by atoms with Gasteiger partial charge in [-0.05, 0) is 0 Å². The molecular weight excluding hydrogens is 326 g/mol. The minimum atomic E-state index is -3.58. The molecular formula is C10H10BrNO5S. The van der Waals surface area contributed by atoms with Gasteiger partial charge in [0, 0.05) is 23.4 Å². The molecule has 1 atom stereocenters. The molecule has 0 radical (unpaired) electrons. The summed E-state index contributed by atoms with van der Waals surface area (Å²) in [6.07, 6.45) is 0. The Hall–Kier alpha value is -1.28. The zero-order chi connectivity index (χ0) is 13.9.